The van der Waals surface area contributed by atoms with Gasteiger partial charge < -0.3 is 5.32 Å². The molecule has 120 valence electrons. The number of aromatic nitrogens is 1. The van der Waals surface area contributed by atoms with Crippen LogP contribution in [0.3, 0.4) is 0 Å². The van der Waals surface area contributed by atoms with Gasteiger partial charge in [-0.2, -0.15) is 0 Å². The highest BCUT2D eigenvalue weighted by molar-refractivity contribution is 6.31. The molecule has 2 aliphatic rings. The van der Waals surface area contributed by atoms with E-state index >= 15 is 0 Å². The van der Waals surface area contributed by atoms with E-state index in [2.05, 4.69) is 10.3 Å². The van der Waals surface area contributed by atoms with Crippen LogP contribution in [0.2, 0.25) is 5.02 Å². The molecule has 1 aromatic carbocycles. The quantitative estimate of drug-likeness (QED) is 0.906. The monoisotopic (exact) mass is 337 g/mol. The first kappa shape index (κ1) is 15.1. The Morgan fingerprint density at radius 3 is 2.71 bits per heavy atom. The molecule has 4 nitrogen and oxygen atoms in total. The summed E-state index contributed by atoms with van der Waals surface area (Å²) >= 11 is 6.39. The molecule has 1 N–H and O–H groups in total. The molecule has 4 rings (SSSR count). The molecule has 2 heterocycles. The molecule has 2 aromatic rings. The van der Waals surface area contributed by atoms with E-state index < -0.39 is 0 Å². The molecule has 0 amide bonds. The lowest BCUT2D eigenvalue weighted by Crippen LogP contribution is -2.35. The van der Waals surface area contributed by atoms with Crippen molar-refractivity contribution < 1.29 is 4.79 Å². The smallest absolute Gasteiger partial charge is 0.163 e. The van der Waals surface area contributed by atoms with E-state index in [0.29, 0.717) is 17.3 Å². The first-order valence-corrected chi connectivity index (χ1v) is 8.39. The topological polar surface area (TPSA) is 54.4 Å². The van der Waals surface area contributed by atoms with Crippen LogP contribution < -0.4 is 5.32 Å². The molecule has 1 aliphatic carbocycles. The van der Waals surface area contributed by atoms with Gasteiger partial charge in [-0.05, 0) is 36.6 Å². The van der Waals surface area contributed by atoms with E-state index in [1.165, 1.54) is 0 Å². The van der Waals surface area contributed by atoms with Crippen molar-refractivity contribution in [2.75, 3.05) is 0 Å². The average molecular weight is 338 g/mol. The van der Waals surface area contributed by atoms with E-state index in [-0.39, 0.29) is 11.8 Å². The molecule has 1 aromatic heterocycles. The summed E-state index contributed by atoms with van der Waals surface area (Å²) < 4.78 is 0. The number of nitrogens with one attached hydrogen (secondary N) is 1. The van der Waals surface area contributed by atoms with Crippen LogP contribution in [0.1, 0.15) is 36.6 Å². The molecule has 0 fully saturated rings. The number of aliphatic imine (C=N–C) groups is 1. The number of amidine groups is 1. The Kier molecular flexibility index (Phi) is 3.90. The van der Waals surface area contributed by atoms with E-state index in [4.69, 9.17) is 16.6 Å². The Balaban J connectivity index is 1.86. The number of nitrogens with zero attached hydrogens (tertiary/aromatic N) is 2. The third-order valence-corrected chi connectivity index (χ3v) is 4.71. The van der Waals surface area contributed by atoms with Gasteiger partial charge in [-0.3, -0.25) is 14.8 Å². The number of benzene rings is 1. The van der Waals surface area contributed by atoms with Crippen LogP contribution in [0.4, 0.5) is 0 Å². The van der Waals surface area contributed by atoms with Gasteiger partial charge in [0.05, 0.1) is 0 Å². The van der Waals surface area contributed by atoms with Crippen LogP contribution >= 0.6 is 11.6 Å². The number of halogens is 1. The van der Waals surface area contributed by atoms with Crippen molar-refractivity contribution in [3.63, 3.8) is 0 Å². The number of hydrogen-bond donors (Lipinski definition) is 1. The highest BCUT2D eigenvalue weighted by atomic mass is 35.5. The third kappa shape index (κ3) is 2.63. The van der Waals surface area contributed by atoms with Crippen LogP contribution in [0.25, 0.3) is 0 Å². The third-order valence-electron chi connectivity index (χ3n) is 4.36. The van der Waals surface area contributed by atoms with Gasteiger partial charge in [0.25, 0.3) is 0 Å². The zero-order chi connectivity index (χ0) is 16.5. The van der Waals surface area contributed by atoms with E-state index in [0.717, 1.165) is 35.4 Å². The van der Waals surface area contributed by atoms with Crippen molar-refractivity contribution in [2.24, 2.45) is 4.99 Å². The number of ketones is 1. The van der Waals surface area contributed by atoms with Crippen molar-refractivity contribution in [1.29, 1.82) is 0 Å². The number of allylic oxidation sites excluding steroid dienone is 1. The van der Waals surface area contributed by atoms with Crippen molar-refractivity contribution >= 4 is 23.2 Å². The minimum Gasteiger partial charge on any atom is -0.342 e. The highest BCUT2D eigenvalue weighted by Gasteiger charge is 2.33. The standard InChI is InChI=1S/C19H16ClN3O/c20-13-7-2-1-6-12(13)18-17-14(9-5-10-16(17)24)22-19(23-18)15-8-3-4-11-21-15/h1-4,6-8,11,18H,5,9-10H2,(H,22,23). The van der Waals surface area contributed by atoms with Crippen molar-refractivity contribution in [3.05, 3.63) is 76.2 Å². The van der Waals surface area contributed by atoms with Crippen LogP contribution in [-0.2, 0) is 4.79 Å². The van der Waals surface area contributed by atoms with Crippen LogP contribution in [-0.4, -0.2) is 16.6 Å². The lowest BCUT2D eigenvalue weighted by molar-refractivity contribution is -0.116. The van der Waals surface area contributed by atoms with Gasteiger partial charge >= 0.3 is 0 Å². The fourth-order valence-corrected chi connectivity index (χ4v) is 3.47. The van der Waals surface area contributed by atoms with Crippen molar-refractivity contribution in [1.82, 2.24) is 10.3 Å². The van der Waals surface area contributed by atoms with Crippen LogP contribution in [0.15, 0.2) is 64.9 Å². The number of rotatable bonds is 2. The lowest BCUT2D eigenvalue weighted by atomic mass is 9.85. The summed E-state index contributed by atoms with van der Waals surface area (Å²) in [6, 6.07) is 12.9. The maximum atomic E-state index is 12.5. The second kappa shape index (κ2) is 6.21. The molecule has 0 saturated carbocycles. The van der Waals surface area contributed by atoms with Crippen LogP contribution in [0.5, 0.6) is 0 Å². The summed E-state index contributed by atoms with van der Waals surface area (Å²) in [5.74, 6) is 0.839. The molecular weight excluding hydrogens is 322 g/mol. The fourth-order valence-electron chi connectivity index (χ4n) is 3.23. The zero-order valence-electron chi connectivity index (χ0n) is 13.0. The first-order valence-electron chi connectivity index (χ1n) is 8.01. The number of hydrogen-bond acceptors (Lipinski definition) is 4. The normalized spacial score (nSPS) is 20.3. The molecular formula is C19H16ClN3O. The molecule has 0 bridgehead atoms. The lowest BCUT2D eigenvalue weighted by Gasteiger charge is -2.30. The van der Waals surface area contributed by atoms with E-state index in [9.17, 15) is 4.79 Å². The second-order valence-electron chi connectivity index (χ2n) is 5.91. The maximum Gasteiger partial charge on any atom is 0.163 e. The fraction of sp³-hybridized carbons (Fsp3) is 0.211. The number of Topliss-reactive ketones (excluding diaryl/α,β-unsaturated/α-hetero) is 1. The summed E-state index contributed by atoms with van der Waals surface area (Å²) in [6.07, 6.45) is 4.00. The van der Waals surface area contributed by atoms with Gasteiger partial charge in [-0.15, -0.1) is 0 Å². The summed E-state index contributed by atoms with van der Waals surface area (Å²) in [5.41, 5.74) is 3.32. The zero-order valence-corrected chi connectivity index (χ0v) is 13.8. The Morgan fingerprint density at radius 2 is 1.92 bits per heavy atom. The SMILES string of the molecule is O=C1CCCC2=C1C(c1ccccc1Cl)N=C(c1ccccn1)N2. The molecule has 24 heavy (non-hydrogen) atoms. The van der Waals surface area contributed by atoms with Crippen molar-refractivity contribution in [3.8, 4) is 0 Å². The van der Waals surface area contributed by atoms with Crippen LogP contribution in [0, 0.1) is 0 Å². The number of pyridine rings is 1. The van der Waals surface area contributed by atoms with Gasteiger partial charge in [-0.25, -0.2) is 0 Å². The Morgan fingerprint density at radius 1 is 1.08 bits per heavy atom. The minimum absolute atomic E-state index is 0.150. The first-order chi connectivity index (χ1) is 11.7. The van der Waals surface area contributed by atoms with E-state index in [1.807, 2.05) is 42.5 Å². The summed E-state index contributed by atoms with van der Waals surface area (Å²) in [6.45, 7) is 0. The minimum atomic E-state index is -0.375. The maximum absolute atomic E-state index is 12.5. The summed E-state index contributed by atoms with van der Waals surface area (Å²) in [4.78, 5) is 21.7. The molecule has 0 radical (unpaired) electrons. The largest absolute Gasteiger partial charge is 0.342 e. The Labute approximate surface area is 145 Å². The molecule has 5 heteroatoms. The van der Waals surface area contributed by atoms with Gasteiger partial charge in [0.2, 0.25) is 0 Å². The van der Waals surface area contributed by atoms with Crippen molar-refractivity contribution in [2.45, 2.75) is 25.3 Å². The van der Waals surface area contributed by atoms with Gasteiger partial charge in [0.1, 0.15) is 11.7 Å². The average Bonchev–Trinajstić information content (AvgIpc) is 2.62. The van der Waals surface area contributed by atoms with Gasteiger partial charge in [0, 0.05) is 28.9 Å². The Bertz CT molecular complexity index is 858. The molecule has 1 aliphatic heterocycles. The van der Waals surface area contributed by atoms with Gasteiger partial charge in [-0.1, -0.05) is 35.9 Å². The van der Waals surface area contributed by atoms with E-state index in [1.54, 1.807) is 6.20 Å². The predicted molar refractivity (Wildman–Crippen MR) is 94.0 cm³/mol. The predicted octanol–water partition coefficient (Wildman–Crippen LogP) is 3.83. The summed E-state index contributed by atoms with van der Waals surface area (Å²) in [7, 11) is 0. The number of carbonyl (C=O) groups excluding carboxylic acids is 1. The second-order valence-corrected chi connectivity index (χ2v) is 6.32. The molecule has 1 unspecified atom stereocenters. The molecule has 0 saturated heterocycles. The molecule has 0 spiro atoms. The Hall–Kier alpha value is -2.46. The number of carbonyl (C=O) groups is 1. The van der Waals surface area contributed by atoms with Gasteiger partial charge in [0.15, 0.2) is 11.6 Å². The molecule has 1 atom stereocenters. The highest BCUT2D eigenvalue weighted by Crippen LogP contribution is 2.39. The summed E-state index contributed by atoms with van der Waals surface area (Å²) in [5, 5.41) is 3.95.